The molecule has 1 N–H and O–H groups in total. The number of benzene rings is 3. The number of ether oxygens (including phenoxy) is 4. The molecule has 1 fully saturated rings. The molecule has 0 spiro atoms. The van der Waals surface area contributed by atoms with E-state index in [2.05, 4.69) is 5.32 Å². The molecule has 1 amide bonds. The summed E-state index contributed by atoms with van der Waals surface area (Å²) in [6, 6.07) is 24.4. The van der Waals surface area contributed by atoms with Crippen LogP contribution in [0, 0.1) is 5.82 Å². The third kappa shape index (κ3) is 6.82. The van der Waals surface area contributed by atoms with Gasteiger partial charge in [-0.3, -0.25) is 0 Å². The average Bonchev–Trinajstić information content (AvgIpc) is 3.51. The zero-order valence-electron chi connectivity index (χ0n) is 26.0. The largest absolute Gasteiger partial charge is 0.491 e. The highest BCUT2D eigenvalue weighted by molar-refractivity contribution is 5.81. The van der Waals surface area contributed by atoms with Gasteiger partial charge in [-0.2, -0.15) is 4.98 Å². The van der Waals surface area contributed by atoms with Crippen molar-refractivity contribution in [1.29, 1.82) is 0 Å². The molecule has 9 heteroatoms. The van der Waals surface area contributed by atoms with Gasteiger partial charge in [-0.05, 0) is 44.9 Å². The number of amides is 1. The first-order valence-corrected chi connectivity index (χ1v) is 15.3. The quantitative estimate of drug-likeness (QED) is 0.217. The fourth-order valence-electron chi connectivity index (χ4n) is 5.64. The van der Waals surface area contributed by atoms with Crippen molar-refractivity contribution < 1.29 is 28.1 Å². The number of nitrogens with one attached hydrogen (secondary N) is 1. The Morgan fingerprint density at radius 2 is 1.67 bits per heavy atom. The van der Waals surface area contributed by atoms with Gasteiger partial charge in [0.1, 0.15) is 30.4 Å². The van der Waals surface area contributed by atoms with Gasteiger partial charge < -0.3 is 29.2 Å². The first-order chi connectivity index (χ1) is 21.7. The molecule has 2 aliphatic heterocycles. The second-order valence-electron chi connectivity index (χ2n) is 12.4. The van der Waals surface area contributed by atoms with Crippen molar-refractivity contribution in [2.75, 3.05) is 18.1 Å². The van der Waals surface area contributed by atoms with E-state index in [9.17, 15) is 4.79 Å². The number of fused-ring (bicyclic) bond motifs is 1. The van der Waals surface area contributed by atoms with Gasteiger partial charge in [0.25, 0.3) is 0 Å². The Bertz CT molecular complexity index is 1660. The molecule has 4 aromatic rings. The number of carbonyl (C=O) groups excluding carboxylic acids is 1. The van der Waals surface area contributed by atoms with Crippen molar-refractivity contribution >= 4 is 11.8 Å². The van der Waals surface area contributed by atoms with Crippen LogP contribution in [0.15, 0.2) is 78.9 Å². The molecule has 8 nitrogen and oxygen atoms in total. The number of anilines is 1. The van der Waals surface area contributed by atoms with E-state index < -0.39 is 17.5 Å². The fourth-order valence-corrected chi connectivity index (χ4v) is 5.64. The Kier molecular flexibility index (Phi) is 8.52. The number of alkyl carbamates (subject to hydrolysis) is 1. The first kappa shape index (κ1) is 30.2. The van der Waals surface area contributed by atoms with E-state index in [4.69, 9.17) is 23.9 Å². The standard InChI is InChI=1S/C36H38FN3O5/c1-23-29(38-35(41)45-36(2,3)4)20-40(23)30-19-28(37)32(26-17-18-42-33(26)30)27-15-16-31(43-21-24-11-7-5-8-12-24)39-34(27)44-22-25-13-9-6-10-14-25/h5-16,19,23,29H,17-18,20-22H2,1-4H3,(H,38,41)/t23-,29+/m0/s1. The van der Waals surface area contributed by atoms with Gasteiger partial charge in [0.15, 0.2) is 0 Å². The van der Waals surface area contributed by atoms with Gasteiger partial charge in [-0.15, -0.1) is 0 Å². The highest BCUT2D eigenvalue weighted by Crippen LogP contribution is 2.47. The van der Waals surface area contributed by atoms with Crippen LogP contribution in [-0.4, -0.2) is 41.9 Å². The van der Waals surface area contributed by atoms with Crippen LogP contribution in [0.4, 0.5) is 14.9 Å². The van der Waals surface area contributed by atoms with Crippen LogP contribution < -0.4 is 24.4 Å². The van der Waals surface area contributed by atoms with Crippen LogP contribution in [0.3, 0.4) is 0 Å². The summed E-state index contributed by atoms with van der Waals surface area (Å²) in [6.45, 7) is 9.02. The summed E-state index contributed by atoms with van der Waals surface area (Å²) >= 11 is 0. The average molecular weight is 612 g/mol. The van der Waals surface area contributed by atoms with Crippen molar-refractivity contribution in [3.63, 3.8) is 0 Å². The number of rotatable bonds is 9. The number of hydrogen-bond donors (Lipinski definition) is 1. The van der Waals surface area contributed by atoms with Crippen molar-refractivity contribution in [2.45, 2.75) is 65.0 Å². The third-order valence-corrected chi connectivity index (χ3v) is 7.94. The zero-order chi connectivity index (χ0) is 31.6. The third-order valence-electron chi connectivity index (χ3n) is 7.94. The predicted octanol–water partition coefficient (Wildman–Crippen LogP) is 7.08. The van der Waals surface area contributed by atoms with Crippen molar-refractivity contribution in [2.24, 2.45) is 0 Å². The highest BCUT2D eigenvalue weighted by atomic mass is 19.1. The van der Waals surface area contributed by atoms with Gasteiger partial charge in [0.05, 0.1) is 18.3 Å². The summed E-state index contributed by atoms with van der Waals surface area (Å²) in [4.78, 5) is 19.1. The minimum absolute atomic E-state index is 0.0800. The summed E-state index contributed by atoms with van der Waals surface area (Å²) in [5.41, 5.74) is 3.76. The van der Waals surface area contributed by atoms with E-state index in [1.165, 1.54) is 6.07 Å². The van der Waals surface area contributed by atoms with Gasteiger partial charge >= 0.3 is 6.09 Å². The molecule has 234 valence electrons. The number of halogens is 1. The Hall–Kier alpha value is -4.79. The van der Waals surface area contributed by atoms with E-state index in [0.717, 1.165) is 16.7 Å². The Morgan fingerprint density at radius 3 is 2.31 bits per heavy atom. The van der Waals surface area contributed by atoms with E-state index >= 15 is 4.39 Å². The molecule has 0 saturated carbocycles. The van der Waals surface area contributed by atoms with Crippen LogP contribution >= 0.6 is 0 Å². The van der Waals surface area contributed by atoms with Crippen molar-refractivity contribution in [3.8, 4) is 28.6 Å². The lowest BCUT2D eigenvalue weighted by Crippen LogP contribution is -2.66. The molecule has 1 saturated heterocycles. The molecule has 0 bridgehead atoms. The minimum Gasteiger partial charge on any atom is -0.491 e. The Balaban J connectivity index is 1.28. The molecule has 0 radical (unpaired) electrons. The van der Waals surface area contributed by atoms with Crippen LogP contribution in [0.25, 0.3) is 11.1 Å². The first-order valence-electron chi connectivity index (χ1n) is 15.3. The van der Waals surface area contributed by atoms with Gasteiger partial charge in [-0.1, -0.05) is 60.7 Å². The second-order valence-corrected chi connectivity index (χ2v) is 12.4. The van der Waals surface area contributed by atoms with Crippen molar-refractivity contribution in [1.82, 2.24) is 10.3 Å². The Labute approximate surface area is 263 Å². The molecule has 2 atom stereocenters. The lowest BCUT2D eigenvalue weighted by Gasteiger charge is -2.48. The summed E-state index contributed by atoms with van der Waals surface area (Å²) in [7, 11) is 0. The normalized spacial score (nSPS) is 17.1. The smallest absolute Gasteiger partial charge is 0.408 e. The number of nitrogens with zero attached hydrogens (tertiary/aromatic N) is 2. The van der Waals surface area contributed by atoms with E-state index in [0.29, 0.717) is 54.6 Å². The highest BCUT2D eigenvalue weighted by Gasteiger charge is 2.41. The molecule has 45 heavy (non-hydrogen) atoms. The summed E-state index contributed by atoms with van der Waals surface area (Å²) < 4.78 is 40.0. The monoisotopic (exact) mass is 611 g/mol. The van der Waals surface area contributed by atoms with Crippen LogP contribution in [0.5, 0.6) is 17.5 Å². The zero-order valence-corrected chi connectivity index (χ0v) is 26.0. The van der Waals surface area contributed by atoms with Crippen LogP contribution in [0.1, 0.15) is 44.4 Å². The lowest BCUT2D eigenvalue weighted by atomic mass is 9.93. The van der Waals surface area contributed by atoms with E-state index in [1.54, 1.807) is 12.1 Å². The molecule has 6 rings (SSSR count). The molecule has 3 heterocycles. The second kappa shape index (κ2) is 12.7. The van der Waals surface area contributed by atoms with Crippen molar-refractivity contribution in [3.05, 3.63) is 101 Å². The SMILES string of the molecule is C[C@H]1[C@H](NC(=O)OC(C)(C)C)CN1c1cc(F)c(-c2ccc(OCc3ccccc3)nc2OCc2ccccc2)c2c1OCC2. The topological polar surface area (TPSA) is 82.2 Å². The number of hydrogen-bond acceptors (Lipinski definition) is 7. The van der Waals surface area contributed by atoms with E-state index in [1.807, 2.05) is 93.3 Å². The van der Waals surface area contributed by atoms with Gasteiger partial charge in [0, 0.05) is 47.8 Å². The van der Waals surface area contributed by atoms with Gasteiger partial charge in [0.2, 0.25) is 11.8 Å². The summed E-state index contributed by atoms with van der Waals surface area (Å²) in [5, 5.41) is 2.93. The number of aromatic nitrogens is 1. The van der Waals surface area contributed by atoms with E-state index in [-0.39, 0.29) is 24.6 Å². The molecule has 0 unspecified atom stereocenters. The maximum Gasteiger partial charge on any atom is 0.408 e. The molecule has 1 aromatic heterocycles. The minimum atomic E-state index is -0.588. The number of carbonyl (C=O) groups is 1. The maximum absolute atomic E-state index is 16.3. The van der Waals surface area contributed by atoms with Gasteiger partial charge in [-0.25, -0.2) is 9.18 Å². The molecule has 2 aliphatic rings. The summed E-state index contributed by atoms with van der Waals surface area (Å²) in [6.07, 6.45) is 0.0791. The fraction of sp³-hybridized carbons (Fsp3) is 0.333. The molecule has 3 aromatic carbocycles. The predicted molar refractivity (Wildman–Crippen MR) is 170 cm³/mol. The van der Waals surface area contributed by atoms with Crippen LogP contribution in [-0.2, 0) is 24.4 Å². The lowest BCUT2D eigenvalue weighted by molar-refractivity contribution is 0.0481. The number of pyridine rings is 1. The van der Waals surface area contributed by atoms with Crippen LogP contribution in [0.2, 0.25) is 0 Å². The maximum atomic E-state index is 16.3. The Morgan fingerprint density at radius 1 is 1.00 bits per heavy atom. The molecular weight excluding hydrogens is 573 g/mol. The molecular formula is C36H38FN3O5. The molecule has 0 aliphatic carbocycles. The summed E-state index contributed by atoms with van der Waals surface area (Å²) in [5.74, 6) is 0.916.